The van der Waals surface area contributed by atoms with Crippen LogP contribution >= 0.6 is 11.8 Å². The second-order valence-corrected chi connectivity index (χ2v) is 5.64. The SMILES string of the molecule is CSCC(C)N(C)c1cc(CO)c2ccccc2n1. The van der Waals surface area contributed by atoms with E-state index in [4.69, 9.17) is 4.98 Å². The zero-order chi connectivity index (χ0) is 13.8. The molecule has 0 amide bonds. The summed E-state index contributed by atoms with van der Waals surface area (Å²) in [5.74, 6) is 1.98. The van der Waals surface area contributed by atoms with Crippen molar-refractivity contribution in [1.82, 2.24) is 4.98 Å². The van der Waals surface area contributed by atoms with Gasteiger partial charge in [0.2, 0.25) is 0 Å². The van der Waals surface area contributed by atoms with Crippen LogP contribution in [0.1, 0.15) is 12.5 Å². The number of thioether (sulfide) groups is 1. The number of nitrogens with zero attached hydrogens (tertiary/aromatic N) is 2. The first-order valence-electron chi connectivity index (χ1n) is 6.38. The Kier molecular flexibility index (Phi) is 4.66. The molecule has 0 aliphatic carbocycles. The molecule has 1 aromatic carbocycles. The van der Waals surface area contributed by atoms with E-state index in [9.17, 15) is 5.11 Å². The van der Waals surface area contributed by atoms with Gasteiger partial charge in [-0.2, -0.15) is 11.8 Å². The molecule has 0 saturated carbocycles. The van der Waals surface area contributed by atoms with Gasteiger partial charge in [-0.15, -0.1) is 0 Å². The average Bonchev–Trinajstić information content (AvgIpc) is 2.45. The van der Waals surface area contributed by atoms with Gasteiger partial charge >= 0.3 is 0 Å². The number of aliphatic hydroxyl groups is 1. The summed E-state index contributed by atoms with van der Waals surface area (Å²) in [5.41, 5.74) is 1.87. The number of para-hydroxylation sites is 1. The number of aliphatic hydroxyl groups excluding tert-OH is 1. The van der Waals surface area contributed by atoms with Crippen LogP contribution < -0.4 is 4.90 Å². The molecule has 1 atom stereocenters. The molecular formula is C15H20N2OS. The number of benzene rings is 1. The molecule has 2 aromatic rings. The highest BCUT2D eigenvalue weighted by atomic mass is 32.2. The topological polar surface area (TPSA) is 36.4 Å². The van der Waals surface area contributed by atoms with E-state index in [-0.39, 0.29) is 6.61 Å². The van der Waals surface area contributed by atoms with Crippen molar-refractivity contribution in [2.45, 2.75) is 19.6 Å². The normalized spacial score (nSPS) is 12.6. The van der Waals surface area contributed by atoms with Gasteiger partial charge in [-0.1, -0.05) is 18.2 Å². The Hall–Kier alpha value is -1.26. The minimum absolute atomic E-state index is 0.0424. The van der Waals surface area contributed by atoms with Crippen molar-refractivity contribution >= 4 is 28.5 Å². The van der Waals surface area contributed by atoms with Crippen molar-refractivity contribution in [2.24, 2.45) is 0 Å². The van der Waals surface area contributed by atoms with Crippen molar-refractivity contribution < 1.29 is 5.11 Å². The first kappa shape index (κ1) is 14.2. The second kappa shape index (κ2) is 6.26. The number of fused-ring (bicyclic) bond motifs is 1. The van der Waals surface area contributed by atoms with Crippen LogP contribution in [-0.4, -0.2) is 35.2 Å². The Labute approximate surface area is 118 Å². The Morgan fingerprint density at radius 2 is 2.11 bits per heavy atom. The van der Waals surface area contributed by atoms with Crippen molar-refractivity contribution in [2.75, 3.05) is 24.0 Å². The predicted molar refractivity (Wildman–Crippen MR) is 83.9 cm³/mol. The molecule has 0 fully saturated rings. The number of pyridine rings is 1. The maximum Gasteiger partial charge on any atom is 0.129 e. The van der Waals surface area contributed by atoms with Crippen LogP contribution in [0.2, 0.25) is 0 Å². The summed E-state index contributed by atoms with van der Waals surface area (Å²) in [7, 11) is 2.05. The molecule has 0 bridgehead atoms. The van der Waals surface area contributed by atoms with Gasteiger partial charge in [0, 0.05) is 24.2 Å². The average molecular weight is 276 g/mol. The summed E-state index contributed by atoms with van der Waals surface area (Å²) >= 11 is 1.83. The van der Waals surface area contributed by atoms with E-state index < -0.39 is 0 Å². The maximum atomic E-state index is 9.53. The molecule has 19 heavy (non-hydrogen) atoms. The van der Waals surface area contributed by atoms with E-state index in [0.717, 1.165) is 28.0 Å². The van der Waals surface area contributed by atoms with E-state index in [2.05, 4.69) is 25.1 Å². The zero-order valence-electron chi connectivity index (χ0n) is 11.6. The summed E-state index contributed by atoms with van der Waals surface area (Å²) < 4.78 is 0. The van der Waals surface area contributed by atoms with Crippen molar-refractivity contribution in [3.8, 4) is 0 Å². The number of rotatable bonds is 5. The summed E-state index contributed by atoms with van der Waals surface area (Å²) in [5, 5.41) is 10.6. The van der Waals surface area contributed by atoms with E-state index >= 15 is 0 Å². The molecule has 1 N–H and O–H groups in total. The highest BCUT2D eigenvalue weighted by Crippen LogP contribution is 2.23. The van der Waals surface area contributed by atoms with E-state index in [1.165, 1.54) is 0 Å². The Balaban J connectivity index is 2.44. The van der Waals surface area contributed by atoms with Crippen LogP contribution in [0.5, 0.6) is 0 Å². The molecule has 0 aliphatic rings. The third kappa shape index (κ3) is 3.01. The molecule has 102 valence electrons. The molecule has 1 heterocycles. The molecule has 0 aliphatic heterocycles. The molecule has 1 unspecified atom stereocenters. The maximum absolute atomic E-state index is 9.53. The van der Waals surface area contributed by atoms with Gasteiger partial charge in [-0.05, 0) is 30.9 Å². The van der Waals surface area contributed by atoms with Crippen molar-refractivity contribution in [3.63, 3.8) is 0 Å². The molecule has 0 spiro atoms. The number of anilines is 1. The Morgan fingerprint density at radius 3 is 2.79 bits per heavy atom. The smallest absolute Gasteiger partial charge is 0.129 e. The van der Waals surface area contributed by atoms with E-state index in [1.54, 1.807) is 0 Å². The minimum atomic E-state index is 0.0424. The number of aromatic nitrogens is 1. The molecule has 1 aromatic heterocycles. The van der Waals surface area contributed by atoms with Gasteiger partial charge in [0.05, 0.1) is 12.1 Å². The van der Waals surface area contributed by atoms with Crippen LogP contribution in [0, 0.1) is 0 Å². The van der Waals surface area contributed by atoms with Gasteiger partial charge in [-0.25, -0.2) is 4.98 Å². The standard InChI is InChI=1S/C15H20N2OS/c1-11(10-19-3)17(2)15-8-12(9-18)13-6-4-5-7-14(13)16-15/h4-8,11,18H,9-10H2,1-3H3. The van der Waals surface area contributed by atoms with Crippen LogP contribution in [0.4, 0.5) is 5.82 Å². The summed E-state index contributed by atoms with van der Waals surface area (Å²) in [6.07, 6.45) is 2.11. The predicted octanol–water partition coefficient (Wildman–Crippen LogP) is 2.91. The van der Waals surface area contributed by atoms with Crippen LogP contribution in [0.3, 0.4) is 0 Å². The molecular weight excluding hydrogens is 256 g/mol. The minimum Gasteiger partial charge on any atom is -0.392 e. The lowest BCUT2D eigenvalue weighted by molar-refractivity contribution is 0.283. The van der Waals surface area contributed by atoms with Gasteiger partial charge in [0.25, 0.3) is 0 Å². The third-order valence-corrected chi connectivity index (χ3v) is 4.20. The largest absolute Gasteiger partial charge is 0.392 e. The molecule has 3 nitrogen and oxygen atoms in total. The quantitative estimate of drug-likeness (QED) is 0.911. The highest BCUT2D eigenvalue weighted by molar-refractivity contribution is 7.98. The summed E-state index contributed by atoms with van der Waals surface area (Å²) in [6.45, 7) is 2.23. The number of hydrogen-bond acceptors (Lipinski definition) is 4. The van der Waals surface area contributed by atoms with Crippen LogP contribution in [-0.2, 0) is 6.61 Å². The Bertz CT molecular complexity index is 559. The Morgan fingerprint density at radius 1 is 1.37 bits per heavy atom. The lowest BCUT2D eigenvalue weighted by atomic mass is 10.1. The van der Waals surface area contributed by atoms with Gasteiger partial charge in [0.15, 0.2) is 0 Å². The van der Waals surface area contributed by atoms with Gasteiger partial charge in [-0.3, -0.25) is 0 Å². The lowest BCUT2D eigenvalue weighted by Crippen LogP contribution is -2.31. The fourth-order valence-electron chi connectivity index (χ4n) is 2.12. The van der Waals surface area contributed by atoms with E-state index in [0.29, 0.717) is 6.04 Å². The van der Waals surface area contributed by atoms with Crippen LogP contribution in [0.15, 0.2) is 30.3 Å². The number of hydrogen-bond donors (Lipinski definition) is 1. The third-order valence-electron chi connectivity index (χ3n) is 3.39. The second-order valence-electron chi connectivity index (χ2n) is 4.73. The van der Waals surface area contributed by atoms with Crippen LogP contribution in [0.25, 0.3) is 10.9 Å². The highest BCUT2D eigenvalue weighted by Gasteiger charge is 2.13. The van der Waals surface area contributed by atoms with Gasteiger partial charge < -0.3 is 10.0 Å². The van der Waals surface area contributed by atoms with Crippen molar-refractivity contribution in [1.29, 1.82) is 0 Å². The fourth-order valence-corrected chi connectivity index (χ4v) is 2.83. The van der Waals surface area contributed by atoms with Gasteiger partial charge in [0.1, 0.15) is 5.82 Å². The summed E-state index contributed by atoms with van der Waals surface area (Å²) in [6, 6.07) is 10.3. The zero-order valence-corrected chi connectivity index (χ0v) is 12.4. The molecule has 2 rings (SSSR count). The first-order chi connectivity index (χ1) is 9.17. The van der Waals surface area contributed by atoms with Crippen molar-refractivity contribution in [3.05, 3.63) is 35.9 Å². The summed E-state index contributed by atoms with van der Waals surface area (Å²) in [4.78, 5) is 6.86. The van der Waals surface area contributed by atoms with E-state index in [1.807, 2.05) is 42.1 Å². The fraction of sp³-hybridized carbons (Fsp3) is 0.400. The molecule has 0 saturated heterocycles. The first-order valence-corrected chi connectivity index (χ1v) is 7.78. The lowest BCUT2D eigenvalue weighted by Gasteiger charge is -2.26. The molecule has 4 heteroatoms. The monoisotopic (exact) mass is 276 g/mol. The molecule has 0 radical (unpaired) electrons.